The van der Waals surface area contributed by atoms with E-state index in [1.165, 1.54) is 23.1 Å². The van der Waals surface area contributed by atoms with Crippen LogP contribution < -0.4 is 22.1 Å². The van der Waals surface area contributed by atoms with Crippen molar-refractivity contribution in [3.63, 3.8) is 0 Å². The summed E-state index contributed by atoms with van der Waals surface area (Å²) in [5, 5.41) is 5.92. The molecule has 0 spiro atoms. The molecular weight excluding hydrogens is 406 g/mol. The van der Waals surface area contributed by atoms with Crippen molar-refractivity contribution in [1.29, 1.82) is 0 Å². The van der Waals surface area contributed by atoms with Gasteiger partial charge in [-0.1, -0.05) is 12.1 Å². The van der Waals surface area contributed by atoms with Gasteiger partial charge in [-0.05, 0) is 54.5 Å². The van der Waals surface area contributed by atoms with Crippen LogP contribution in [0, 0.1) is 11.3 Å². The van der Waals surface area contributed by atoms with Crippen LogP contribution in [0.2, 0.25) is 0 Å². The number of piperazine rings is 1. The first kappa shape index (κ1) is 21.1. The van der Waals surface area contributed by atoms with Crippen LogP contribution >= 0.6 is 0 Å². The van der Waals surface area contributed by atoms with Crippen molar-refractivity contribution >= 4 is 11.8 Å². The van der Waals surface area contributed by atoms with Crippen molar-refractivity contribution in [2.24, 2.45) is 17.1 Å². The molecule has 1 aromatic heterocycles. The zero-order valence-electron chi connectivity index (χ0n) is 18.3. The number of urea groups is 1. The van der Waals surface area contributed by atoms with E-state index in [4.69, 9.17) is 5.73 Å². The first-order chi connectivity index (χ1) is 15.6. The lowest BCUT2D eigenvalue weighted by atomic mass is 10.1. The summed E-state index contributed by atoms with van der Waals surface area (Å²) in [6, 6.07) is 9.45. The lowest BCUT2D eigenvalue weighted by molar-refractivity contribution is 0.204. The number of nitrogens with one attached hydrogen (secondary N) is 2. The van der Waals surface area contributed by atoms with E-state index < -0.39 is 5.69 Å². The maximum atomic E-state index is 12.5. The Morgan fingerprint density at radius 3 is 2.69 bits per heavy atom. The molecule has 2 amide bonds. The fourth-order valence-electron chi connectivity index (χ4n) is 5.03. The lowest BCUT2D eigenvalue weighted by Gasteiger charge is -2.27. The Bertz CT molecular complexity index is 1030. The maximum Gasteiger partial charge on any atom is 0.354 e. The van der Waals surface area contributed by atoms with Crippen LogP contribution in [0.3, 0.4) is 0 Å². The Kier molecular flexibility index (Phi) is 5.71. The molecule has 0 bridgehead atoms. The van der Waals surface area contributed by atoms with E-state index in [0.717, 1.165) is 50.7 Å². The Morgan fingerprint density at radius 2 is 2.00 bits per heavy atom. The Balaban J connectivity index is 1.17. The molecule has 2 aliphatic heterocycles. The largest absolute Gasteiger partial charge is 0.354 e. The first-order valence-corrected chi connectivity index (χ1v) is 11.4. The summed E-state index contributed by atoms with van der Waals surface area (Å²) in [7, 11) is 0. The monoisotopic (exact) mass is 437 g/mol. The summed E-state index contributed by atoms with van der Waals surface area (Å²) in [5.41, 5.74) is 7.95. The van der Waals surface area contributed by atoms with E-state index in [2.05, 4.69) is 32.7 Å². The number of benzene rings is 1. The number of rotatable bonds is 6. The van der Waals surface area contributed by atoms with Gasteiger partial charge in [-0.25, -0.2) is 9.59 Å². The minimum Gasteiger partial charge on any atom is -0.330 e. The zero-order valence-corrected chi connectivity index (χ0v) is 18.3. The second kappa shape index (κ2) is 8.65. The number of anilines is 1. The third kappa shape index (κ3) is 4.28. The molecule has 2 saturated heterocycles. The molecule has 2 atom stereocenters. The predicted molar refractivity (Wildman–Crippen MR) is 123 cm³/mol. The van der Waals surface area contributed by atoms with Gasteiger partial charge < -0.3 is 20.9 Å². The molecule has 1 aliphatic carbocycles. The van der Waals surface area contributed by atoms with Crippen molar-refractivity contribution in [3.8, 4) is 5.69 Å². The second-order valence-electron chi connectivity index (χ2n) is 9.25. The molecule has 1 saturated carbocycles. The molecule has 4 N–H and O–H groups in total. The molecule has 5 rings (SSSR count). The molecular formula is C23H31N7O2. The summed E-state index contributed by atoms with van der Waals surface area (Å²) >= 11 is 0. The van der Waals surface area contributed by atoms with Gasteiger partial charge in [0.15, 0.2) is 0 Å². The van der Waals surface area contributed by atoms with Gasteiger partial charge >= 0.3 is 11.7 Å². The summed E-state index contributed by atoms with van der Waals surface area (Å²) in [4.78, 5) is 33.1. The third-order valence-electron chi connectivity index (χ3n) is 7.16. The molecule has 3 heterocycles. The minimum absolute atomic E-state index is 0.229. The third-order valence-corrected chi connectivity index (χ3v) is 7.16. The van der Waals surface area contributed by atoms with Gasteiger partial charge in [0.05, 0.1) is 5.69 Å². The van der Waals surface area contributed by atoms with Crippen LogP contribution in [-0.2, 0) is 6.42 Å². The van der Waals surface area contributed by atoms with Crippen LogP contribution in [0.4, 0.5) is 10.6 Å². The number of hydrogen-bond acceptors (Lipinski definition) is 6. The number of carbonyl (C=O) groups excluding carboxylic acids is 1. The van der Waals surface area contributed by atoms with Crippen molar-refractivity contribution < 1.29 is 4.79 Å². The van der Waals surface area contributed by atoms with Gasteiger partial charge in [0.25, 0.3) is 0 Å². The van der Waals surface area contributed by atoms with Crippen molar-refractivity contribution in [3.05, 3.63) is 52.6 Å². The standard InChI is InChI=1S/C23H31N7O2/c24-15-23-13-18(23)14-28(16-23)9-5-17-1-3-19(4-2-17)30-10-6-20(27-22(30)32)26-21(31)29-11-7-25-8-12-29/h1-4,6,10,18,25H,5,7-9,11-16,24H2,(H,26,27,31,32). The molecule has 32 heavy (non-hydrogen) atoms. The number of carbonyl (C=O) groups is 1. The highest BCUT2D eigenvalue weighted by Gasteiger charge is 2.58. The number of nitrogens with zero attached hydrogens (tertiary/aromatic N) is 4. The highest BCUT2D eigenvalue weighted by Crippen LogP contribution is 2.56. The summed E-state index contributed by atoms with van der Waals surface area (Å²) in [6.07, 6.45) is 3.94. The Hall–Kier alpha value is -2.75. The normalized spacial score (nSPS) is 24.9. The number of fused-ring (bicyclic) bond motifs is 1. The lowest BCUT2D eigenvalue weighted by Crippen LogP contribution is -2.48. The molecule has 2 unspecified atom stereocenters. The fraction of sp³-hybridized carbons (Fsp3) is 0.522. The quantitative estimate of drug-likeness (QED) is 0.607. The van der Waals surface area contributed by atoms with E-state index in [0.29, 0.717) is 18.5 Å². The number of aromatic nitrogens is 2. The first-order valence-electron chi connectivity index (χ1n) is 11.4. The van der Waals surface area contributed by atoms with Gasteiger partial charge in [-0.3, -0.25) is 9.88 Å². The number of amides is 2. The number of piperidine rings is 1. The van der Waals surface area contributed by atoms with Crippen LogP contribution in [-0.4, -0.2) is 77.7 Å². The number of hydrogen-bond donors (Lipinski definition) is 3. The van der Waals surface area contributed by atoms with Crippen molar-refractivity contribution in [1.82, 2.24) is 24.7 Å². The van der Waals surface area contributed by atoms with Crippen LogP contribution in [0.5, 0.6) is 0 Å². The summed E-state index contributed by atoms with van der Waals surface area (Å²) in [5.74, 6) is 1.07. The van der Waals surface area contributed by atoms with Gasteiger partial charge in [-0.15, -0.1) is 0 Å². The maximum absolute atomic E-state index is 12.5. The zero-order chi connectivity index (χ0) is 22.1. The SMILES string of the molecule is NCC12CC1CN(CCc1ccc(-n3ccc(NC(=O)N4CCNCC4)nc3=O)cc1)C2. The second-order valence-corrected chi connectivity index (χ2v) is 9.25. The molecule has 3 fully saturated rings. The van der Waals surface area contributed by atoms with Gasteiger partial charge in [0.2, 0.25) is 0 Å². The summed E-state index contributed by atoms with van der Waals surface area (Å²) < 4.78 is 1.49. The molecule has 9 heteroatoms. The molecule has 3 aliphatic rings. The predicted octanol–water partition coefficient (Wildman–Crippen LogP) is 0.493. The van der Waals surface area contributed by atoms with Crippen LogP contribution in [0.25, 0.3) is 5.69 Å². The average Bonchev–Trinajstić information content (AvgIpc) is 3.39. The van der Waals surface area contributed by atoms with E-state index in [1.54, 1.807) is 17.2 Å². The Morgan fingerprint density at radius 1 is 1.22 bits per heavy atom. The highest BCUT2D eigenvalue weighted by molar-refractivity contribution is 5.88. The van der Waals surface area contributed by atoms with Gasteiger partial charge in [0, 0.05) is 52.0 Å². The summed E-state index contributed by atoms with van der Waals surface area (Å²) in [6.45, 7) is 6.98. The van der Waals surface area contributed by atoms with Crippen molar-refractivity contribution in [2.75, 3.05) is 57.7 Å². The minimum atomic E-state index is -0.417. The van der Waals surface area contributed by atoms with E-state index in [1.807, 2.05) is 12.1 Å². The molecule has 9 nitrogen and oxygen atoms in total. The van der Waals surface area contributed by atoms with E-state index in [-0.39, 0.29) is 11.8 Å². The molecule has 170 valence electrons. The van der Waals surface area contributed by atoms with Crippen molar-refractivity contribution in [2.45, 2.75) is 12.8 Å². The van der Waals surface area contributed by atoms with Crippen LogP contribution in [0.1, 0.15) is 12.0 Å². The number of nitrogens with two attached hydrogens (primary N) is 1. The van der Waals surface area contributed by atoms with Crippen LogP contribution in [0.15, 0.2) is 41.3 Å². The smallest absolute Gasteiger partial charge is 0.330 e. The number of likely N-dealkylation sites (tertiary alicyclic amines) is 1. The fourth-order valence-corrected chi connectivity index (χ4v) is 5.03. The van der Waals surface area contributed by atoms with Gasteiger partial charge in [0.1, 0.15) is 5.82 Å². The Labute approximate surface area is 187 Å². The van der Waals surface area contributed by atoms with E-state index >= 15 is 0 Å². The molecule has 1 aromatic carbocycles. The topological polar surface area (TPSA) is 109 Å². The average molecular weight is 438 g/mol. The van der Waals surface area contributed by atoms with Gasteiger partial charge in [-0.2, -0.15) is 4.98 Å². The molecule has 2 aromatic rings. The molecule has 0 radical (unpaired) electrons. The highest BCUT2D eigenvalue weighted by atomic mass is 16.2. The van der Waals surface area contributed by atoms with E-state index in [9.17, 15) is 9.59 Å².